The molecule has 0 heterocycles. The van der Waals surface area contributed by atoms with Gasteiger partial charge in [-0.1, -0.05) is 32.9 Å². The van der Waals surface area contributed by atoms with E-state index in [1.54, 1.807) is 7.05 Å². The number of nitrogens with zero attached hydrogens (tertiary/aromatic N) is 1. The fourth-order valence-corrected chi connectivity index (χ4v) is 2.42. The monoisotopic (exact) mass is 316 g/mol. The molecule has 1 aliphatic rings. The van der Waals surface area contributed by atoms with Gasteiger partial charge in [0.2, 0.25) is 5.91 Å². The van der Waals surface area contributed by atoms with E-state index in [1.165, 1.54) is 6.42 Å². The zero-order chi connectivity index (χ0) is 16.8. The third-order valence-corrected chi connectivity index (χ3v) is 3.92. The van der Waals surface area contributed by atoms with Crippen molar-refractivity contribution in [2.45, 2.75) is 46.2 Å². The van der Waals surface area contributed by atoms with Gasteiger partial charge in [0.1, 0.15) is 0 Å². The summed E-state index contributed by atoms with van der Waals surface area (Å²) in [4.78, 5) is 16.1. The molecule has 0 bridgehead atoms. The van der Waals surface area contributed by atoms with Crippen LogP contribution in [0.1, 0.15) is 39.2 Å². The summed E-state index contributed by atoms with van der Waals surface area (Å²) < 4.78 is 0. The molecule has 0 aliphatic heterocycles. The number of benzene rings is 1. The Hall–Kier alpha value is -2.04. The van der Waals surface area contributed by atoms with E-state index in [0.717, 1.165) is 23.1 Å². The lowest BCUT2D eigenvalue weighted by Crippen LogP contribution is -2.38. The van der Waals surface area contributed by atoms with Crippen LogP contribution in [0.25, 0.3) is 0 Å². The molecule has 1 aromatic carbocycles. The quantitative estimate of drug-likeness (QED) is 0.558. The highest BCUT2D eigenvalue weighted by molar-refractivity contribution is 5.90. The van der Waals surface area contributed by atoms with Crippen molar-refractivity contribution < 1.29 is 4.79 Å². The van der Waals surface area contributed by atoms with Crippen LogP contribution in [0.2, 0.25) is 0 Å². The average Bonchev–Trinajstić information content (AvgIpc) is 3.18. The number of anilines is 1. The molecule has 1 saturated carbocycles. The fraction of sp³-hybridized carbons (Fsp3) is 0.556. The van der Waals surface area contributed by atoms with E-state index in [1.807, 2.05) is 38.1 Å². The minimum Gasteiger partial charge on any atom is -0.353 e. The van der Waals surface area contributed by atoms with Crippen molar-refractivity contribution in [1.29, 1.82) is 0 Å². The number of hydrogen-bond acceptors (Lipinski definition) is 2. The van der Waals surface area contributed by atoms with Crippen molar-refractivity contribution in [2.75, 3.05) is 12.4 Å². The maximum absolute atomic E-state index is 11.8. The molecule has 126 valence electrons. The van der Waals surface area contributed by atoms with Gasteiger partial charge in [-0.3, -0.25) is 9.79 Å². The number of rotatable bonds is 6. The van der Waals surface area contributed by atoms with Crippen molar-refractivity contribution in [3.8, 4) is 0 Å². The van der Waals surface area contributed by atoms with Crippen molar-refractivity contribution in [2.24, 2.45) is 16.8 Å². The fourth-order valence-electron chi connectivity index (χ4n) is 2.42. The predicted molar refractivity (Wildman–Crippen MR) is 95.4 cm³/mol. The van der Waals surface area contributed by atoms with Crippen LogP contribution < -0.4 is 16.0 Å². The van der Waals surface area contributed by atoms with Crippen LogP contribution in [0.15, 0.2) is 29.3 Å². The largest absolute Gasteiger partial charge is 0.353 e. The number of carbonyl (C=O) groups excluding carboxylic acids is 1. The van der Waals surface area contributed by atoms with Crippen molar-refractivity contribution >= 4 is 17.6 Å². The standard InChI is InChI=1S/C18H28N4O/c1-12(2)8-17(23)21-15-7-5-6-14(10-15)11-20-18(19-4)22-16-9-13(16)3/h5-7,10,12-13,16H,8-9,11H2,1-4H3,(H,21,23)(H2,19,20,22). The first-order chi connectivity index (χ1) is 11.0. The molecule has 0 saturated heterocycles. The summed E-state index contributed by atoms with van der Waals surface area (Å²) in [5.74, 6) is 1.98. The molecule has 5 nitrogen and oxygen atoms in total. The Morgan fingerprint density at radius 1 is 1.39 bits per heavy atom. The summed E-state index contributed by atoms with van der Waals surface area (Å²) in [6.45, 7) is 6.99. The van der Waals surface area contributed by atoms with E-state index in [0.29, 0.717) is 24.9 Å². The number of guanidine groups is 1. The number of aliphatic imine (C=N–C) groups is 1. The molecule has 0 radical (unpaired) electrons. The van der Waals surface area contributed by atoms with Gasteiger partial charge in [-0.25, -0.2) is 0 Å². The molecule has 1 aliphatic carbocycles. The highest BCUT2D eigenvalue weighted by Crippen LogP contribution is 2.28. The van der Waals surface area contributed by atoms with Gasteiger partial charge in [-0.2, -0.15) is 0 Å². The van der Waals surface area contributed by atoms with Crippen molar-refractivity contribution in [3.05, 3.63) is 29.8 Å². The molecule has 2 unspecified atom stereocenters. The molecular formula is C18H28N4O. The van der Waals surface area contributed by atoms with E-state index in [-0.39, 0.29) is 5.91 Å². The van der Waals surface area contributed by atoms with Crippen LogP contribution in [-0.2, 0) is 11.3 Å². The summed E-state index contributed by atoms with van der Waals surface area (Å²) in [6, 6.07) is 8.46. The Kier molecular flexibility index (Phi) is 6.02. The van der Waals surface area contributed by atoms with Gasteiger partial charge in [0.05, 0.1) is 0 Å². The van der Waals surface area contributed by atoms with Gasteiger partial charge in [0, 0.05) is 31.7 Å². The second-order valence-electron chi connectivity index (χ2n) is 6.74. The van der Waals surface area contributed by atoms with Crippen LogP contribution in [0.4, 0.5) is 5.69 Å². The molecule has 1 aromatic rings. The lowest BCUT2D eigenvalue weighted by atomic mass is 10.1. The van der Waals surface area contributed by atoms with Crippen LogP contribution in [0.5, 0.6) is 0 Å². The Morgan fingerprint density at radius 2 is 2.13 bits per heavy atom. The Balaban J connectivity index is 1.85. The van der Waals surface area contributed by atoms with Gasteiger partial charge in [0.25, 0.3) is 0 Å². The molecule has 2 rings (SSSR count). The SMILES string of the molecule is CN=C(NCc1cccc(NC(=O)CC(C)C)c1)NC1CC1C. The van der Waals surface area contributed by atoms with Crippen LogP contribution in [0.3, 0.4) is 0 Å². The number of carbonyl (C=O) groups is 1. The maximum atomic E-state index is 11.8. The summed E-state index contributed by atoms with van der Waals surface area (Å²) in [6.07, 6.45) is 1.75. The smallest absolute Gasteiger partial charge is 0.224 e. The average molecular weight is 316 g/mol. The minimum atomic E-state index is 0.0605. The van der Waals surface area contributed by atoms with E-state index in [9.17, 15) is 4.79 Å². The zero-order valence-corrected chi connectivity index (χ0v) is 14.5. The Morgan fingerprint density at radius 3 is 2.74 bits per heavy atom. The van der Waals surface area contributed by atoms with Gasteiger partial charge in [0.15, 0.2) is 5.96 Å². The molecule has 0 spiro atoms. The summed E-state index contributed by atoms with van der Waals surface area (Å²) in [5.41, 5.74) is 1.95. The molecule has 0 aromatic heterocycles. The zero-order valence-electron chi connectivity index (χ0n) is 14.5. The van der Waals surface area contributed by atoms with Gasteiger partial charge >= 0.3 is 0 Å². The van der Waals surface area contributed by atoms with Crippen LogP contribution in [-0.4, -0.2) is 25.0 Å². The van der Waals surface area contributed by atoms with E-state index in [4.69, 9.17) is 0 Å². The normalized spacial score (nSPS) is 20.3. The molecule has 5 heteroatoms. The van der Waals surface area contributed by atoms with Gasteiger partial charge < -0.3 is 16.0 Å². The Labute approximate surface area is 139 Å². The van der Waals surface area contributed by atoms with Gasteiger partial charge in [-0.15, -0.1) is 0 Å². The van der Waals surface area contributed by atoms with Crippen molar-refractivity contribution in [3.63, 3.8) is 0 Å². The summed E-state index contributed by atoms with van der Waals surface area (Å²) in [5, 5.41) is 9.67. The maximum Gasteiger partial charge on any atom is 0.224 e. The molecule has 3 N–H and O–H groups in total. The molecular weight excluding hydrogens is 288 g/mol. The lowest BCUT2D eigenvalue weighted by molar-refractivity contribution is -0.116. The molecule has 23 heavy (non-hydrogen) atoms. The molecule has 1 amide bonds. The predicted octanol–water partition coefficient (Wildman–Crippen LogP) is 2.74. The number of amides is 1. The summed E-state index contributed by atoms with van der Waals surface area (Å²) in [7, 11) is 1.78. The second kappa shape index (κ2) is 7.99. The topological polar surface area (TPSA) is 65.5 Å². The molecule has 2 atom stereocenters. The minimum absolute atomic E-state index is 0.0605. The first-order valence-electron chi connectivity index (χ1n) is 8.34. The van der Waals surface area contributed by atoms with Gasteiger partial charge in [-0.05, 0) is 36.0 Å². The first kappa shape index (κ1) is 17.3. The van der Waals surface area contributed by atoms with Crippen molar-refractivity contribution in [1.82, 2.24) is 10.6 Å². The highest BCUT2D eigenvalue weighted by atomic mass is 16.1. The molecule has 1 fully saturated rings. The summed E-state index contributed by atoms with van der Waals surface area (Å²) >= 11 is 0. The third kappa shape index (κ3) is 5.93. The van der Waals surface area contributed by atoms with E-state index < -0.39 is 0 Å². The number of hydrogen-bond donors (Lipinski definition) is 3. The highest BCUT2D eigenvalue weighted by Gasteiger charge is 2.33. The van der Waals surface area contributed by atoms with Crippen LogP contribution in [0, 0.1) is 11.8 Å². The van der Waals surface area contributed by atoms with Crippen LogP contribution >= 0.6 is 0 Å². The first-order valence-corrected chi connectivity index (χ1v) is 8.34. The van der Waals surface area contributed by atoms with E-state index in [2.05, 4.69) is 27.9 Å². The third-order valence-electron chi connectivity index (χ3n) is 3.92. The second-order valence-corrected chi connectivity index (χ2v) is 6.74. The number of nitrogens with one attached hydrogen (secondary N) is 3. The lowest BCUT2D eigenvalue weighted by Gasteiger charge is -2.13. The van der Waals surface area contributed by atoms with E-state index >= 15 is 0 Å². The Bertz CT molecular complexity index is 568.